The Balaban J connectivity index is 1.77. The van der Waals surface area contributed by atoms with Crippen LogP contribution in [0.3, 0.4) is 0 Å². The first kappa shape index (κ1) is 15.8. The second kappa shape index (κ2) is 7.45. The molecule has 3 rings (SSSR count). The van der Waals surface area contributed by atoms with Gasteiger partial charge in [-0.2, -0.15) is 0 Å². The molecule has 1 aromatic heterocycles. The lowest BCUT2D eigenvalue weighted by Gasteiger charge is -2.10. The topological polar surface area (TPSA) is 38.9 Å². The van der Waals surface area contributed by atoms with Gasteiger partial charge in [0.15, 0.2) is 0 Å². The van der Waals surface area contributed by atoms with Crippen molar-refractivity contribution < 1.29 is 0 Å². The average molecular weight is 306 g/mol. The molecule has 1 heterocycles. The first-order chi connectivity index (χ1) is 11.3. The number of hydrogen-bond acceptors (Lipinski definition) is 2. The van der Waals surface area contributed by atoms with Crippen molar-refractivity contribution in [2.75, 3.05) is 5.73 Å². The lowest BCUT2D eigenvalue weighted by atomic mass is 10.0. The van der Waals surface area contributed by atoms with Crippen LogP contribution in [-0.2, 0) is 6.42 Å². The molecule has 2 heteroatoms. The first-order valence-electron chi connectivity index (χ1n) is 8.86. The molecule has 0 amide bonds. The van der Waals surface area contributed by atoms with Crippen LogP contribution in [0, 0.1) is 0 Å². The molecule has 0 bridgehead atoms. The average Bonchev–Trinajstić information content (AvgIpc) is 2.58. The third-order valence-corrected chi connectivity index (χ3v) is 4.62. The molecule has 0 aliphatic rings. The molecule has 0 aliphatic heterocycles. The Bertz CT molecular complexity index is 792. The molecule has 3 aromatic rings. The number of unbranched alkanes of at least 4 members (excludes halogenated alkanes) is 5. The monoisotopic (exact) mass is 306 g/mol. The van der Waals surface area contributed by atoms with Crippen molar-refractivity contribution in [2.45, 2.75) is 51.9 Å². The van der Waals surface area contributed by atoms with Crippen molar-refractivity contribution in [1.29, 1.82) is 0 Å². The maximum absolute atomic E-state index is 6.41. The number of aromatic nitrogens is 1. The van der Waals surface area contributed by atoms with Crippen LogP contribution >= 0.6 is 0 Å². The van der Waals surface area contributed by atoms with E-state index in [0.717, 1.165) is 28.5 Å². The molecule has 0 atom stereocenters. The number of nitrogens with zero attached hydrogens (tertiary/aromatic N) is 1. The summed E-state index contributed by atoms with van der Waals surface area (Å²) in [5, 5.41) is 2.30. The summed E-state index contributed by atoms with van der Waals surface area (Å²) in [6, 6.07) is 14.8. The Kier molecular flexibility index (Phi) is 5.12. The Morgan fingerprint density at radius 2 is 1.65 bits per heavy atom. The fourth-order valence-corrected chi connectivity index (χ4v) is 3.22. The fourth-order valence-electron chi connectivity index (χ4n) is 3.22. The van der Waals surface area contributed by atoms with Crippen molar-refractivity contribution in [2.24, 2.45) is 0 Å². The summed E-state index contributed by atoms with van der Waals surface area (Å²) >= 11 is 0. The van der Waals surface area contributed by atoms with E-state index in [2.05, 4.69) is 37.3 Å². The van der Waals surface area contributed by atoms with E-state index in [0.29, 0.717) is 0 Å². The molecule has 0 unspecified atom stereocenters. The maximum Gasteiger partial charge on any atom is 0.0941 e. The lowest BCUT2D eigenvalue weighted by molar-refractivity contribution is 0.608. The SMILES string of the molecule is CCCCCCCCc1ccc2cc3ccccc3nc2c1N. The van der Waals surface area contributed by atoms with Crippen LogP contribution in [0.4, 0.5) is 5.69 Å². The van der Waals surface area contributed by atoms with Gasteiger partial charge in [0.05, 0.1) is 16.7 Å². The van der Waals surface area contributed by atoms with Crippen molar-refractivity contribution in [3.63, 3.8) is 0 Å². The molecular formula is C21H26N2. The van der Waals surface area contributed by atoms with E-state index in [-0.39, 0.29) is 0 Å². The number of fused-ring (bicyclic) bond motifs is 2. The number of hydrogen-bond donors (Lipinski definition) is 1. The van der Waals surface area contributed by atoms with Crippen LogP contribution < -0.4 is 5.73 Å². The lowest BCUT2D eigenvalue weighted by Crippen LogP contribution is -1.98. The summed E-state index contributed by atoms with van der Waals surface area (Å²) in [6.07, 6.45) is 8.92. The molecule has 2 aromatic carbocycles. The van der Waals surface area contributed by atoms with Crippen LogP contribution in [0.1, 0.15) is 51.0 Å². The van der Waals surface area contributed by atoms with Crippen LogP contribution in [-0.4, -0.2) is 4.98 Å². The van der Waals surface area contributed by atoms with Crippen LogP contribution in [0.15, 0.2) is 42.5 Å². The standard InChI is InChI=1S/C21H26N2/c1-2-3-4-5-6-7-10-16-13-14-18-15-17-11-8-9-12-19(17)23-21(18)20(16)22/h8-9,11-15H,2-7,10,22H2,1H3. The van der Waals surface area contributed by atoms with Gasteiger partial charge >= 0.3 is 0 Å². The highest BCUT2D eigenvalue weighted by molar-refractivity contribution is 5.98. The minimum Gasteiger partial charge on any atom is -0.397 e. The largest absolute Gasteiger partial charge is 0.397 e. The predicted molar refractivity (Wildman–Crippen MR) is 101 cm³/mol. The van der Waals surface area contributed by atoms with Crippen LogP contribution in [0.25, 0.3) is 21.8 Å². The van der Waals surface area contributed by atoms with Gasteiger partial charge in [-0.3, -0.25) is 0 Å². The molecule has 0 radical (unpaired) electrons. The number of nitrogens with two attached hydrogens (primary N) is 1. The van der Waals surface area contributed by atoms with Crippen LogP contribution in [0.2, 0.25) is 0 Å². The maximum atomic E-state index is 6.41. The van der Waals surface area contributed by atoms with Crippen LogP contribution in [0.5, 0.6) is 0 Å². The van der Waals surface area contributed by atoms with Gasteiger partial charge in [0.2, 0.25) is 0 Å². The smallest absolute Gasteiger partial charge is 0.0941 e. The van der Waals surface area contributed by atoms with Gasteiger partial charge in [-0.05, 0) is 30.5 Å². The fraction of sp³-hybridized carbons (Fsp3) is 0.381. The minimum absolute atomic E-state index is 0.863. The molecule has 2 N–H and O–H groups in total. The van der Waals surface area contributed by atoms with E-state index in [1.807, 2.05) is 12.1 Å². The normalized spacial score (nSPS) is 11.3. The van der Waals surface area contributed by atoms with Gasteiger partial charge in [-0.25, -0.2) is 4.98 Å². The third kappa shape index (κ3) is 3.64. The van der Waals surface area contributed by atoms with Gasteiger partial charge in [-0.15, -0.1) is 0 Å². The summed E-state index contributed by atoms with van der Waals surface area (Å²) in [5.74, 6) is 0. The number of pyridine rings is 1. The molecule has 2 nitrogen and oxygen atoms in total. The van der Waals surface area contributed by atoms with Gasteiger partial charge in [0.25, 0.3) is 0 Å². The molecule has 0 fully saturated rings. The van der Waals surface area contributed by atoms with E-state index in [1.165, 1.54) is 49.5 Å². The molecule has 0 aliphatic carbocycles. The predicted octanol–water partition coefficient (Wildman–Crippen LogP) is 5.87. The highest BCUT2D eigenvalue weighted by Gasteiger charge is 2.07. The summed E-state index contributed by atoms with van der Waals surface area (Å²) in [7, 11) is 0. The summed E-state index contributed by atoms with van der Waals surface area (Å²) in [6.45, 7) is 2.26. The van der Waals surface area contributed by atoms with E-state index >= 15 is 0 Å². The summed E-state index contributed by atoms with van der Waals surface area (Å²) in [4.78, 5) is 4.78. The highest BCUT2D eigenvalue weighted by Crippen LogP contribution is 2.27. The Morgan fingerprint density at radius 3 is 2.52 bits per heavy atom. The number of nitrogen functional groups attached to an aromatic ring is 1. The molecular weight excluding hydrogens is 280 g/mol. The second-order valence-electron chi connectivity index (χ2n) is 6.41. The summed E-state index contributed by atoms with van der Waals surface area (Å²) < 4.78 is 0. The molecule has 120 valence electrons. The van der Waals surface area contributed by atoms with Crippen molar-refractivity contribution in [3.8, 4) is 0 Å². The summed E-state index contributed by atoms with van der Waals surface area (Å²) in [5.41, 5.74) is 10.5. The van der Waals surface area contributed by atoms with Crippen molar-refractivity contribution in [3.05, 3.63) is 48.0 Å². The van der Waals surface area contributed by atoms with Gasteiger partial charge in [-0.1, -0.05) is 69.4 Å². The third-order valence-electron chi connectivity index (χ3n) is 4.62. The molecule has 23 heavy (non-hydrogen) atoms. The number of benzene rings is 2. The first-order valence-corrected chi connectivity index (χ1v) is 8.86. The highest BCUT2D eigenvalue weighted by atomic mass is 14.7. The number of aryl methyl sites for hydroxylation is 1. The zero-order valence-electron chi connectivity index (χ0n) is 14.0. The second-order valence-corrected chi connectivity index (χ2v) is 6.41. The zero-order valence-corrected chi connectivity index (χ0v) is 14.0. The Labute approximate surface area is 138 Å². The number of rotatable bonds is 7. The molecule has 0 spiro atoms. The number of para-hydroxylation sites is 1. The quantitative estimate of drug-likeness (QED) is 0.336. The van der Waals surface area contributed by atoms with Crippen molar-refractivity contribution >= 4 is 27.5 Å². The molecule has 0 saturated heterocycles. The number of anilines is 1. The zero-order chi connectivity index (χ0) is 16.1. The molecule has 0 saturated carbocycles. The Hall–Kier alpha value is -2.09. The van der Waals surface area contributed by atoms with E-state index in [1.54, 1.807) is 0 Å². The van der Waals surface area contributed by atoms with E-state index in [4.69, 9.17) is 10.7 Å². The van der Waals surface area contributed by atoms with Crippen molar-refractivity contribution in [1.82, 2.24) is 4.98 Å². The van der Waals surface area contributed by atoms with E-state index < -0.39 is 0 Å². The van der Waals surface area contributed by atoms with Gasteiger partial charge in [0.1, 0.15) is 0 Å². The van der Waals surface area contributed by atoms with Gasteiger partial charge in [0, 0.05) is 10.8 Å². The minimum atomic E-state index is 0.863. The Morgan fingerprint density at radius 1 is 0.870 bits per heavy atom. The van der Waals surface area contributed by atoms with E-state index in [9.17, 15) is 0 Å². The van der Waals surface area contributed by atoms with Gasteiger partial charge < -0.3 is 5.73 Å².